The Balaban J connectivity index is 0. The van der Waals surface area contributed by atoms with Crippen LogP contribution >= 0.6 is 0 Å². The molecule has 1 aromatic heterocycles. The smallest absolute Gasteiger partial charge is 0.456 e. The average Bonchev–Trinajstić information content (AvgIpc) is 3.39. The van der Waals surface area contributed by atoms with E-state index >= 15 is 0 Å². The number of hydrogen-bond acceptors (Lipinski definition) is 14. The van der Waals surface area contributed by atoms with Gasteiger partial charge in [-0.15, -0.1) is 0 Å². The van der Waals surface area contributed by atoms with Gasteiger partial charge in [0.05, 0.1) is 19.8 Å². The van der Waals surface area contributed by atoms with Gasteiger partial charge in [0.1, 0.15) is 61.2 Å². The van der Waals surface area contributed by atoms with Gasteiger partial charge >= 0.3 is 1.43 Å². The second kappa shape index (κ2) is 15.4. The van der Waals surface area contributed by atoms with Gasteiger partial charge in [-0.2, -0.15) is 0 Å². The zero-order chi connectivity index (χ0) is 24.4. The second-order valence-electron chi connectivity index (χ2n) is 6.86. The van der Waals surface area contributed by atoms with E-state index in [1.807, 2.05) is 0 Å². The Morgan fingerprint density at radius 3 is 1.52 bits per heavy atom. The number of hydrogen-bond donors (Lipinski definition) is 10. The van der Waals surface area contributed by atoms with Crippen LogP contribution < -0.4 is 0 Å². The number of aldehydes is 1. The van der Waals surface area contributed by atoms with Crippen molar-refractivity contribution in [1.82, 2.24) is 0 Å². The summed E-state index contributed by atoms with van der Waals surface area (Å²) in [5, 5.41) is 88.5. The number of ether oxygens (including phenoxy) is 2. The lowest BCUT2D eigenvalue weighted by Crippen LogP contribution is -2.58. The Morgan fingerprint density at radius 1 is 0.727 bits per heavy atom. The first-order valence-electron chi connectivity index (χ1n) is 9.51. The van der Waals surface area contributed by atoms with Crippen LogP contribution in [0.1, 0.15) is 17.7 Å². The van der Waals surface area contributed by atoms with Gasteiger partial charge < -0.3 is 70.4 Å². The SMILES string of the molecule is O.O=Cc1ccc(CO)o1.OCC1O[C@H](O)C(O)[C@@H](O)[C@@H]1O.OC[C@@H]1O[C@H](CO)[C@H](O)[C@@H]1O.[H+]. The molecule has 3 rings (SSSR count). The Bertz CT molecular complexity index is 638. The van der Waals surface area contributed by atoms with Crippen molar-refractivity contribution in [2.24, 2.45) is 0 Å². The van der Waals surface area contributed by atoms with Crippen molar-refractivity contribution < 1.29 is 76.7 Å². The second-order valence-corrected chi connectivity index (χ2v) is 6.86. The Kier molecular flexibility index (Phi) is 14.6. The van der Waals surface area contributed by atoms with E-state index in [1.54, 1.807) is 6.07 Å². The molecule has 0 aliphatic carbocycles. The van der Waals surface area contributed by atoms with E-state index in [4.69, 9.17) is 60.2 Å². The van der Waals surface area contributed by atoms with Crippen LogP contribution in [-0.2, 0) is 16.1 Å². The maximum absolute atomic E-state index is 9.96. The van der Waals surface area contributed by atoms with Gasteiger partial charge in [0.25, 0.3) is 0 Å². The van der Waals surface area contributed by atoms with Crippen LogP contribution in [0.3, 0.4) is 0 Å². The van der Waals surface area contributed by atoms with Crippen molar-refractivity contribution in [3.63, 3.8) is 0 Å². The third-order valence-electron chi connectivity index (χ3n) is 4.64. The predicted molar refractivity (Wildman–Crippen MR) is 106 cm³/mol. The van der Waals surface area contributed by atoms with Crippen molar-refractivity contribution in [2.45, 2.75) is 61.7 Å². The molecule has 2 aliphatic heterocycles. The highest BCUT2D eigenvalue weighted by Crippen LogP contribution is 2.20. The standard InChI is InChI=1S/C6H12O6.C6H12O5.C6H6O3.H2O/c7-1-2-3(8)4(9)5(10)6(11)12-2;7-1-3-5(9)6(10)4(2-8)11-3;7-3-5-1-2-6(4-8)9-5;/h2-11H,1H2;3-10H,1-2H2;1-3,8H,4H2;1H2/p+1/t2?,3-,4+,5?,6+;3-,4+,5+,6-;;/m1.../s1. The van der Waals surface area contributed by atoms with Crippen LogP contribution in [0.15, 0.2) is 16.5 Å². The molecule has 0 saturated carbocycles. The molecule has 15 heteroatoms. The van der Waals surface area contributed by atoms with Crippen molar-refractivity contribution in [1.29, 1.82) is 0 Å². The number of carbonyl (C=O) groups is 1. The predicted octanol–water partition coefficient (Wildman–Crippen LogP) is -5.89. The van der Waals surface area contributed by atoms with Crippen molar-refractivity contribution in [2.75, 3.05) is 19.8 Å². The minimum absolute atomic E-state index is 0. The summed E-state index contributed by atoms with van der Waals surface area (Å²) in [5.41, 5.74) is 0. The first-order chi connectivity index (χ1) is 15.1. The first-order valence-corrected chi connectivity index (χ1v) is 9.51. The first kappa shape index (κ1) is 31.4. The quantitative estimate of drug-likeness (QED) is 0.172. The highest BCUT2D eigenvalue weighted by atomic mass is 16.6. The summed E-state index contributed by atoms with van der Waals surface area (Å²) in [5.74, 6) is 0.663. The third kappa shape index (κ3) is 8.62. The maximum Gasteiger partial charge on any atom is 1.00 e. The Morgan fingerprint density at radius 2 is 1.18 bits per heavy atom. The summed E-state index contributed by atoms with van der Waals surface area (Å²) in [6.07, 6.45) is -10.2. The van der Waals surface area contributed by atoms with Gasteiger partial charge in [0.15, 0.2) is 18.3 Å². The van der Waals surface area contributed by atoms with Crippen molar-refractivity contribution in [3.8, 4) is 0 Å². The van der Waals surface area contributed by atoms with Crippen molar-refractivity contribution in [3.05, 3.63) is 23.7 Å². The van der Waals surface area contributed by atoms with E-state index in [9.17, 15) is 4.79 Å². The summed E-state index contributed by atoms with van der Waals surface area (Å²) < 4.78 is 14.2. The van der Waals surface area contributed by atoms with E-state index in [-0.39, 0.29) is 32.5 Å². The molecule has 3 heterocycles. The minimum atomic E-state index is -1.57. The highest BCUT2D eigenvalue weighted by molar-refractivity contribution is 5.70. The van der Waals surface area contributed by atoms with E-state index in [2.05, 4.69) is 4.74 Å². The van der Waals surface area contributed by atoms with Gasteiger partial charge in [0.2, 0.25) is 0 Å². The van der Waals surface area contributed by atoms with Crippen molar-refractivity contribution >= 4 is 6.29 Å². The summed E-state index contributed by atoms with van der Waals surface area (Å²) in [6.45, 7) is -1.39. The molecule has 0 radical (unpaired) electrons. The summed E-state index contributed by atoms with van der Waals surface area (Å²) in [7, 11) is 0. The lowest BCUT2D eigenvalue weighted by molar-refractivity contribution is -0.286. The minimum Gasteiger partial charge on any atom is -0.456 e. The molecule has 33 heavy (non-hydrogen) atoms. The van der Waals surface area contributed by atoms with Crippen LogP contribution in [0.25, 0.3) is 0 Å². The molecule has 194 valence electrons. The van der Waals surface area contributed by atoms with Crippen LogP contribution in [0.5, 0.6) is 0 Å². The number of furan rings is 1. The fourth-order valence-electron chi connectivity index (χ4n) is 2.75. The molecular formula is C18H33O15+. The molecule has 2 fully saturated rings. The molecule has 15 nitrogen and oxygen atoms in total. The molecule has 0 aromatic carbocycles. The van der Waals surface area contributed by atoms with Gasteiger partial charge in [-0.1, -0.05) is 0 Å². The molecule has 2 aliphatic rings. The fourth-order valence-corrected chi connectivity index (χ4v) is 2.75. The zero-order valence-corrected chi connectivity index (χ0v) is 17.4. The molecule has 2 unspecified atom stereocenters. The topological polar surface area (TPSA) is 282 Å². The zero-order valence-electron chi connectivity index (χ0n) is 18.4. The fraction of sp³-hybridized carbons (Fsp3) is 0.722. The van der Waals surface area contributed by atoms with Crippen LogP contribution in [0.4, 0.5) is 0 Å². The Hall–Kier alpha value is -1.57. The maximum atomic E-state index is 9.96. The number of aliphatic hydroxyl groups excluding tert-OH is 10. The molecular weight excluding hydrogens is 456 g/mol. The lowest BCUT2D eigenvalue weighted by atomic mass is 10.00. The summed E-state index contributed by atoms with van der Waals surface area (Å²) >= 11 is 0. The monoisotopic (exact) mass is 489 g/mol. The molecule has 9 atom stereocenters. The summed E-state index contributed by atoms with van der Waals surface area (Å²) in [4.78, 5) is 9.96. The van der Waals surface area contributed by atoms with E-state index in [0.717, 1.165) is 0 Å². The lowest BCUT2D eigenvalue weighted by Gasteiger charge is -2.37. The molecule has 0 amide bonds. The largest absolute Gasteiger partial charge is 1.00 e. The molecule has 0 bridgehead atoms. The summed E-state index contributed by atoms with van der Waals surface area (Å²) in [6, 6.07) is 3.07. The van der Waals surface area contributed by atoms with Gasteiger partial charge in [-0.3, -0.25) is 4.79 Å². The third-order valence-corrected chi connectivity index (χ3v) is 4.64. The number of aliphatic hydroxyl groups is 10. The average molecular weight is 489 g/mol. The Labute approximate surface area is 189 Å². The molecule has 0 spiro atoms. The number of rotatable bonds is 5. The van der Waals surface area contributed by atoms with E-state index < -0.39 is 61.7 Å². The number of carbonyl (C=O) groups excluding carboxylic acids is 1. The van der Waals surface area contributed by atoms with Gasteiger partial charge in [-0.25, -0.2) is 0 Å². The normalized spacial score (nSPS) is 35.4. The highest BCUT2D eigenvalue weighted by Gasteiger charge is 2.43. The van der Waals surface area contributed by atoms with Crippen LogP contribution in [0.2, 0.25) is 0 Å². The van der Waals surface area contributed by atoms with Crippen LogP contribution in [-0.4, -0.2) is 138 Å². The molecule has 12 N–H and O–H groups in total. The van der Waals surface area contributed by atoms with Crippen LogP contribution in [0, 0.1) is 0 Å². The molecule has 1 aromatic rings. The van der Waals surface area contributed by atoms with E-state index in [0.29, 0.717) is 12.0 Å². The van der Waals surface area contributed by atoms with Gasteiger partial charge in [-0.05, 0) is 12.1 Å². The van der Waals surface area contributed by atoms with E-state index in [1.165, 1.54) is 6.07 Å². The molecule has 2 saturated heterocycles. The van der Waals surface area contributed by atoms with Gasteiger partial charge in [0, 0.05) is 0 Å².